The van der Waals surface area contributed by atoms with Crippen LogP contribution in [0.1, 0.15) is 53.4 Å². The van der Waals surface area contributed by atoms with E-state index < -0.39 is 56.9 Å². The van der Waals surface area contributed by atoms with Gasteiger partial charge in [0.1, 0.15) is 6.61 Å². The zero-order chi connectivity index (χ0) is 24.9. The first kappa shape index (κ1) is 24.3. The summed E-state index contributed by atoms with van der Waals surface area (Å²) >= 11 is 0. The van der Waals surface area contributed by atoms with Crippen LogP contribution in [0.15, 0.2) is 23.8 Å². The lowest BCUT2D eigenvalue weighted by molar-refractivity contribution is -0.225. The molecular weight excluding hydrogens is 460 g/mol. The molecule has 1 heterocycles. The fourth-order valence-corrected chi connectivity index (χ4v) is 8.51. The summed E-state index contributed by atoms with van der Waals surface area (Å²) in [7, 11) is -3.82. The number of carbonyl (C=O) groups excluding carboxylic acids is 2. The lowest BCUT2D eigenvalue weighted by Crippen LogP contribution is -2.64. The second-order valence-electron chi connectivity index (χ2n) is 11.7. The molecule has 0 bridgehead atoms. The van der Waals surface area contributed by atoms with E-state index in [-0.39, 0.29) is 23.5 Å². The van der Waals surface area contributed by atoms with E-state index in [0.29, 0.717) is 12.8 Å². The maximum Gasteiger partial charge on any atom is 0.264 e. The van der Waals surface area contributed by atoms with Crippen LogP contribution in [-0.2, 0) is 33.4 Å². The summed E-state index contributed by atoms with van der Waals surface area (Å²) in [5.41, 5.74) is -1.54. The minimum Gasteiger partial charge on any atom is -0.393 e. The molecule has 0 aromatic heterocycles. The Kier molecular flexibility index (Phi) is 5.23. The van der Waals surface area contributed by atoms with Crippen LogP contribution in [-0.4, -0.2) is 61.5 Å². The standard InChI is InChI=1S/C25H34O8S/c1-22(2)32-20-11-17-16-7-6-14-10-15(26)8-9-23(14,3)21(16)18(27)12-24(17,4)25(20,33-22)19(28)13-31-34(5,29)30/h8-10,16-18,20-21,27H,6-7,11-13H2,1-5H3/t16-,17-,18-,20+,21+,23-,24-,25+/m0/s1. The van der Waals surface area contributed by atoms with Crippen LogP contribution in [0.2, 0.25) is 0 Å². The Morgan fingerprint density at radius 1 is 1.26 bits per heavy atom. The summed E-state index contributed by atoms with van der Waals surface area (Å²) < 4.78 is 40.8. The smallest absolute Gasteiger partial charge is 0.264 e. The maximum absolute atomic E-state index is 13.7. The van der Waals surface area contributed by atoms with Crippen LogP contribution in [0, 0.1) is 28.6 Å². The number of rotatable bonds is 4. The van der Waals surface area contributed by atoms with E-state index >= 15 is 0 Å². The molecule has 5 aliphatic rings. The van der Waals surface area contributed by atoms with Crippen molar-refractivity contribution < 1.29 is 36.8 Å². The molecule has 0 aromatic rings. The van der Waals surface area contributed by atoms with E-state index in [9.17, 15) is 23.1 Å². The quantitative estimate of drug-likeness (QED) is 0.592. The summed E-state index contributed by atoms with van der Waals surface area (Å²) in [5.74, 6) is -1.49. The first-order valence-electron chi connectivity index (χ1n) is 12.0. The largest absolute Gasteiger partial charge is 0.393 e. The summed E-state index contributed by atoms with van der Waals surface area (Å²) in [6, 6.07) is 0. The van der Waals surface area contributed by atoms with Crippen LogP contribution in [0.25, 0.3) is 0 Å². The predicted molar refractivity (Wildman–Crippen MR) is 122 cm³/mol. The molecule has 4 aliphatic carbocycles. The van der Waals surface area contributed by atoms with Crippen molar-refractivity contribution in [1.29, 1.82) is 0 Å². The van der Waals surface area contributed by atoms with E-state index in [4.69, 9.17) is 13.7 Å². The fraction of sp³-hybridized carbons (Fsp3) is 0.760. The summed E-state index contributed by atoms with van der Waals surface area (Å²) in [4.78, 5) is 25.7. The van der Waals surface area contributed by atoms with Gasteiger partial charge in [-0.25, -0.2) is 0 Å². The van der Waals surface area contributed by atoms with Gasteiger partial charge in [-0.05, 0) is 63.5 Å². The lowest BCUT2D eigenvalue weighted by Gasteiger charge is -2.59. The third kappa shape index (κ3) is 3.27. The van der Waals surface area contributed by atoms with Gasteiger partial charge in [0.25, 0.3) is 10.1 Å². The molecule has 3 saturated carbocycles. The Bertz CT molecular complexity index is 1110. The summed E-state index contributed by atoms with van der Waals surface area (Å²) in [5, 5.41) is 11.6. The van der Waals surface area contributed by atoms with Gasteiger partial charge in [0, 0.05) is 16.7 Å². The lowest BCUT2D eigenvalue weighted by atomic mass is 9.46. The highest BCUT2D eigenvalue weighted by molar-refractivity contribution is 7.86. The minimum atomic E-state index is -3.82. The van der Waals surface area contributed by atoms with Crippen molar-refractivity contribution >= 4 is 21.7 Å². The van der Waals surface area contributed by atoms with Crippen LogP contribution in [0.4, 0.5) is 0 Å². The number of ketones is 2. The van der Waals surface area contributed by atoms with Gasteiger partial charge in [-0.1, -0.05) is 25.5 Å². The van der Waals surface area contributed by atoms with Gasteiger partial charge >= 0.3 is 0 Å². The van der Waals surface area contributed by atoms with Gasteiger partial charge in [0.05, 0.1) is 18.5 Å². The van der Waals surface area contributed by atoms with Gasteiger partial charge in [0.2, 0.25) is 0 Å². The Morgan fingerprint density at radius 2 is 1.97 bits per heavy atom. The molecule has 0 aromatic carbocycles. The first-order valence-corrected chi connectivity index (χ1v) is 13.8. The van der Waals surface area contributed by atoms with Crippen molar-refractivity contribution in [3.8, 4) is 0 Å². The van der Waals surface area contributed by atoms with Gasteiger partial charge in [0.15, 0.2) is 23.0 Å². The molecule has 0 unspecified atom stereocenters. The van der Waals surface area contributed by atoms with Gasteiger partial charge < -0.3 is 14.6 Å². The average Bonchev–Trinajstić information content (AvgIpc) is 3.12. The molecule has 1 aliphatic heterocycles. The Hall–Kier alpha value is -1.39. The number of carbonyl (C=O) groups is 2. The Balaban J connectivity index is 1.55. The fourth-order valence-electron chi connectivity index (χ4n) is 8.19. The van der Waals surface area contributed by atoms with Gasteiger partial charge in [-0.3, -0.25) is 13.8 Å². The van der Waals surface area contributed by atoms with Crippen LogP contribution >= 0.6 is 0 Å². The van der Waals surface area contributed by atoms with E-state index in [1.807, 2.05) is 13.0 Å². The number of allylic oxidation sites excluding steroid dienone is 4. The van der Waals surface area contributed by atoms with Crippen LogP contribution in [0.3, 0.4) is 0 Å². The van der Waals surface area contributed by atoms with E-state index in [1.54, 1.807) is 26.0 Å². The van der Waals surface area contributed by atoms with Crippen molar-refractivity contribution in [2.45, 2.75) is 77.0 Å². The van der Waals surface area contributed by atoms with Crippen molar-refractivity contribution in [3.05, 3.63) is 23.8 Å². The Morgan fingerprint density at radius 3 is 2.65 bits per heavy atom. The molecule has 5 rings (SSSR count). The zero-order valence-electron chi connectivity index (χ0n) is 20.4. The molecule has 9 heteroatoms. The van der Waals surface area contributed by atoms with Crippen molar-refractivity contribution in [3.63, 3.8) is 0 Å². The predicted octanol–water partition coefficient (Wildman–Crippen LogP) is 2.31. The van der Waals surface area contributed by atoms with E-state index in [0.717, 1.165) is 24.7 Å². The SMILES string of the molecule is CC1(C)O[C@@H]2C[C@H]3[C@@H]4CCC5=CC(=O)C=C[C@]5(C)[C@H]4[C@@H](O)C[C@]3(C)[C@]2(C(=O)COS(C)(=O)=O)O1. The molecule has 0 radical (unpaired) electrons. The van der Waals surface area contributed by atoms with Gasteiger partial charge in [-0.2, -0.15) is 8.42 Å². The second-order valence-corrected chi connectivity index (χ2v) is 13.3. The number of aliphatic hydroxyl groups excluding tert-OH is 1. The summed E-state index contributed by atoms with van der Waals surface area (Å²) in [6.07, 6.45) is 7.31. The maximum atomic E-state index is 13.7. The molecule has 0 amide bonds. The number of Topliss-reactive ketones (excluding diaryl/α,β-unsaturated/α-hetero) is 1. The number of fused-ring (bicyclic) bond motifs is 7. The van der Waals surface area contributed by atoms with Crippen molar-refractivity contribution in [2.24, 2.45) is 28.6 Å². The molecule has 8 atom stereocenters. The third-order valence-electron chi connectivity index (χ3n) is 9.31. The van der Waals surface area contributed by atoms with Gasteiger partial charge in [-0.15, -0.1) is 0 Å². The molecule has 1 saturated heterocycles. The molecule has 1 N–H and O–H groups in total. The zero-order valence-corrected chi connectivity index (χ0v) is 21.2. The van der Waals surface area contributed by atoms with Crippen LogP contribution in [0.5, 0.6) is 0 Å². The topological polar surface area (TPSA) is 116 Å². The number of aliphatic hydroxyl groups is 1. The first-order chi connectivity index (χ1) is 15.6. The van der Waals surface area contributed by atoms with Crippen molar-refractivity contribution in [2.75, 3.05) is 12.9 Å². The molecule has 4 fully saturated rings. The molecule has 8 nitrogen and oxygen atoms in total. The number of ether oxygens (including phenoxy) is 2. The molecular formula is C25H34O8S. The normalized spacial score (nSPS) is 46.8. The Labute approximate surface area is 200 Å². The molecule has 188 valence electrons. The minimum absolute atomic E-state index is 0.0177. The van der Waals surface area contributed by atoms with Crippen molar-refractivity contribution in [1.82, 2.24) is 0 Å². The van der Waals surface area contributed by atoms with E-state index in [1.165, 1.54) is 0 Å². The van der Waals surface area contributed by atoms with E-state index in [2.05, 4.69) is 6.92 Å². The highest BCUT2D eigenvalue weighted by atomic mass is 32.2. The number of hydrogen-bond acceptors (Lipinski definition) is 8. The third-order valence-corrected chi connectivity index (χ3v) is 9.85. The number of hydrogen-bond donors (Lipinski definition) is 1. The summed E-state index contributed by atoms with van der Waals surface area (Å²) in [6.45, 7) is 6.95. The highest BCUT2D eigenvalue weighted by Gasteiger charge is 2.76. The monoisotopic (exact) mass is 494 g/mol. The molecule has 0 spiro atoms. The average molecular weight is 495 g/mol. The highest BCUT2D eigenvalue weighted by Crippen LogP contribution is 2.70. The molecule has 34 heavy (non-hydrogen) atoms. The van der Waals surface area contributed by atoms with Crippen LogP contribution < -0.4 is 0 Å². The second kappa shape index (κ2) is 7.32.